The van der Waals surface area contributed by atoms with Gasteiger partial charge in [0.25, 0.3) is 5.91 Å². The van der Waals surface area contributed by atoms with Crippen LogP contribution in [0, 0.1) is 0 Å². The van der Waals surface area contributed by atoms with E-state index < -0.39 is 24.2 Å². The summed E-state index contributed by atoms with van der Waals surface area (Å²) in [6.45, 7) is 4.44. The molecule has 0 radical (unpaired) electrons. The molecule has 1 fully saturated rings. The van der Waals surface area contributed by atoms with Crippen LogP contribution in [0.4, 0.5) is 19.0 Å². The smallest absolute Gasteiger partial charge is 0.410 e. The highest BCUT2D eigenvalue weighted by Gasteiger charge is 2.47. The lowest BCUT2D eigenvalue weighted by molar-refractivity contribution is -0.174. The third kappa shape index (κ3) is 3.48. The molecule has 1 saturated heterocycles. The van der Waals surface area contributed by atoms with Crippen molar-refractivity contribution in [2.75, 3.05) is 18.4 Å². The largest absolute Gasteiger partial charge is 0.467 e. The molecule has 2 aromatic heterocycles. The summed E-state index contributed by atoms with van der Waals surface area (Å²) < 4.78 is 52.8. The van der Waals surface area contributed by atoms with Gasteiger partial charge in [-0.25, -0.2) is 4.68 Å². The molecule has 4 rings (SSSR count). The molecule has 2 aromatic rings. The second-order valence-electron chi connectivity index (χ2n) is 7.33. The van der Waals surface area contributed by atoms with Crippen molar-refractivity contribution in [2.45, 2.75) is 50.7 Å². The van der Waals surface area contributed by atoms with Crippen molar-refractivity contribution in [3.05, 3.63) is 35.9 Å². The van der Waals surface area contributed by atoms with Crippen LogP contribution in [0.15, 0.2) is 28.9 Å². The van der Waals surface area contributed by atoms with Crippen LogP contribution in [0.2, 0.25) is 0 Å². The normalized spacial score (nSPS) is 28.0. The van der Waals surface area contributed by atoms with Crippen LogP contribution >= 0.6 is 0 Å². The van der Waals surface area contributed by atoms with Gasteiger partial charge in [0.15, 0.2) is 11.7 Å². The summed E-state index contributed by atoms with van der Waals surface area (Å²) in [5.74, 6) is 0.152. The predicted molar refractivity (Wildman–Crippen MR) is 92.9 cm³/mol. The Kier molecular flexibility index (Phi) is 4.60. The van der Waals surface area contributed by atoms with E-state index in [1.807, 2.05) is 13.8 Å². The number of nitrogens with zero attached hydrogens (tertiary/aromatic N) is 3. The molecule has 7 nitrogen and oxygen atoms in total. The number of hydrogen-bond acceptors (Lipinski definition) is 5. The Morgan fingerprint density at radius 1 is 1.29 bits per heavy atom. The summed E-state index contributed by atoms with van der Waals surface area (Å²) in [5.41, 5.74) is -0.0156. The molecular formula is C18H21F3N4O3. The van der Waals surface area contributed by atoms with E-state index in [-0.39, 0.29) is 30.1 Å². The van der Waals surface area contributed by atoms with Gasteiger partial charge in [-0.2, -0.15) is 18.3 Å². The van der Waals surface area contributed by atoms with E-state index in [0.717, 1.165) is 4.68 Å². The maximum Gasteiger partial charge on any atom is 0.410 e. The van der Waals surface area contributed by atoms with Crippen molar-refractivity contribution < 1.29 is 27.1 Å². The van der Waals surface area contributed by atoms with Gasteiger partial charge in [-0.1, -0.05) is 0 Å². The highest BCUT2D eigenvalue weighted by molar-refractivity contribution is 5.93. The molecule has 1 amide bonds. The van der Waals surface area contributed by atoms with Crippen molar-refractivity contribution in [2.24, 2.45) is 0 Å². The minimum absolute atomic E-state index is 0.0156. The van der Waals surface area contributed by atoms with E-state index >= 15 is 0 Å². The maximum absolute atomic E-state index is 13.7. The van der Waals surface area contributed by atoms with E-state index in [1.54, 1.807) is 17.0 Å². The molecule has 0 saturated carbocycles. The van der Waals surface area contributed by atoms with E-state index in [4.69, 9.17) is 9.15 Å². The number of fused-ring (bicyclic) bond motifs is 1. The summed E-state index contributed by atoms with van der Waals surface area (Å²) in [7, 11) is 0. The van der Waals surface area contributed by atoms with E-state index in [0.29, 0.717) is 18.8 Å². The Balaban J connectivity index is 1.64. The first-order chi connectivity index (χ1) is 13.2. The molecule has 152 valence electrons. The van der Waals surface area contributed by atoms with Gasteiger partial charge >= 0.3 is 6.18 Å². The summed E-state index contributed by atoms with van der Waals surface area (Å²) in [5, 5.41) is 7.02. The van der Waals surface area contributed by atoms with Gasteiger partial charge < -0.3 is 19.4 Å². The van der Waals surface area contributed by atoms with E-state index in [9.17, 15) is 18.0 Å². The van der Waals surface area contributed by atoms with Crippen LogP contribution in [-0.4, -0.2) is 52.1 Å². The van der Waals surface area contributed by atoms with Crippen LogP contribution in [0.3, 0.4) is 0 Å². The Morgan fingerprint density at radius 3 is 2.61 bits per heavy atom. The number of ether oxygens (including phenoxy) is 1. The number of carbonyl (C=O) groups is 1. The summed E-state index contributed by atoms with van der Waals surface area (Å²) in [6, 6.07) is 2.13. The second kappa shape index (κ2) is 6.84. The molecular weight excluding hydrogens is 377 g/mol. The average molecular weight is 398 g/mol. The number of furan rings is 1. The Bertz CT molecular complexity index is 839. The Hall–Kier alpha value is -2.49. The van der Waals surface area contributed by atoms with Crippen LogP contribution in [0.25, 0.3) is 0 Å². The number of morpholine rings is 1. The molecule has 4 atom stereocenters. The monoisotopic (exact) mass is 398 g/mol. The number of amides is 1. The number of alkyl halides is 3. The van der Waals surface area contributed by atoms with Gasteiger partial charge in [0.1, 0.15) is 11.6 Å². The zero-order valence-electron chi connectivity index (χ0n) is 15.4. The first-order valence-corrected chi connectivity index (χ1v) is 9.13. The number of nitrogens with one attached hydrogen (secondary N) is 1. The summed E-state index contributed by atoms with van der Waals surface area (Å²) >= 11 is 0. The van der Waals surface area contributed by atoms with Crippen LogP contribution in [0.5, 0.6) is 0 Å². The topological polar surface area (TPSA) is 72.5 Å². The number of hydrogen-bond donors (Lipinski definition) is 1. The number of carbonyl (C=O) groups excluding carboxylic acids is 1. The van der Waals surface area contributed by atoms with Crippen molar-refractivity contribution in [3.8, 4) is 0 Å². The minimum Gasteiger partial charge on any atom is -0.467 e. The highest BCUT2D eigenvalue weighted by Crippen LogP contribution is 2.43. The predicted octanol–water partition coefficient (Wildman–Crippen LogP) is 3.39. The molecule has 0 aromatic carbocycles. The lowest BCUT2D eigenvalue weighted by Crippen LogP contribution is -2.48. The lowest BCUT2D eigenvalue weighted by atomic mass is 10.0. The van der Waals surface area contributed by atoms with Gasteiger partial charge in [0.2, 0.25) is 0 Å². The number of aromatic nitrogens is 2. The molecule has 2 aliphatic heterocycles. The fourth-order valence-electron chi connectivity index (χ4n) is 3.86. The lowest BCUT2D eigenvalue weighted by Gasteiger charge is -2.34. The van der Waals surface area contributed by atoms with Crippen molar-refractivity contribution in [1.29, 1.82) is 0 Å². The van der Waals surface area contributed by atoms with E-state index in [2.05, 4.69) is 10.4 Å². The number of rotatable bonds is 2. The SMILES string of the molecule is C[C@H]1CN(C(=O)c2cc3n(n2)[C@H](C(F)(F)F)C[C@H](c2ccco2)N3)C[C@H](C)O1. The molecule has 28 heavy (non-hydrogen) atoms. The van der Waals surface area contributed by atoms with Gasteiger partial charge in [-0.15, -0.1) is 0 Å². The molecule has 0 unspecified atom stereocenters. The first-order valence-electron chi connectivity index (χ1n) is 9.13. The zero-order chi connectivity index (χ0) is 20.1. The van der Waals surface area contributed by atoms with Gasteiger partial charge in [0, 0.05) is 25.6 Å². The Morgan fingerprint density at radius 2 is 2.00 bits per heavy atom. The number of anilines is 1. The summed E-state index contributed by atoms with van der Waals surface area (Å²) in [4.78, 5) is 14.4. The van der Waals surface area contributed by atoms with Crippen LogP contribution in [-0.2, 0) is 4.74 Å². The van der Waals surface area contributed by atoms with Gasteiger partial charge in [0.05, 0.1) is 24.5 Å². The van der Waals surface area contributed by atoms with Crippen molar-refractivity contribution in [1.82, 2.24) is 14.7 Å². The van der Waals surface area contributed by atoms with Crippen LogP contribution < -0.4 is 5.32 Å². The Labute approximate surface area is 159 Å². The molecule has 0 aliphatic carbocycles. The molecule has 10 heteroatoms. The standard InChI is InChI=1S/C18H21F3N4O3/c1-10-8-24(9-11(2)28-10)17(26)13-7-16-22-12(14-4-3-5-27-14)6-15(18(19,20)21)25(16)23-13/h3-5,7,10-12,15,22H,6,8-9H2,1-2H3/t10-,11-,12+,15-/m0/s1. The van der Waals surface area contributed by atoms with Gasteiger partial charge in [-0.3, -0.25) is 4.79 Å². The maximum atomic E-state index is 13.7. The summed E-state index contributed by atoms with van der Waals surface area (Å²) in [6.07, 6.45) is -3.65. The fourth-order valence-corrected chi connectivity index (χ4v) is 3.86. The molecule has 0 spiro atoms. The van der Waals surface area contributed by atoms with Crippen LogP contribution in [0.1, 0.15) is 48.6 Å². The van der Waals surface area contributed by atoms with E-state index in [1.165, 1.54) is 12.3 Å². The van der Waals surface area contributed by atoms with Crippen molar-refractivity contribution >= 4 is 11.7 Å². The van der Waals surface area contributed by atoms with Gasteiger partial charge in [-0.05, 0) is 26.0 Å². The fraction of sp³-hybridized carbons (Fsp3) is 0.556. The molecule has 0 bridgehead atoms. The zero-order valence-corrected chi connectivity index (χ0v) is 15.4. The molecule has 2 aliphatic rings. The molecule has 4 heterocycles. The number of halogens is 3. The quantitative estimate of drug-likeness (QED) is 0.840. The minimum atomic E-state index is -4.50. The molecule has 1 N–H and O–H groups in total. The average Bonchev–Trinajstić information content (AvgIpc) is 3.27. The highest BCUT2D eigenvalue weighted by atomic mass is 19.4. The second-order valence-corrected chi connectivity index (χ2v) is 7.33. The first kappa shape index (κ1) is 18.9. The third-order valence-corrected chi connectivity index (χ3v) is 5.00. The van der Waals surface area contributed by atoms with Crippen molar-refractivity contribution in [3.63, 3.8) is 0 Å². The third-order valence-electron chi connectivity index (χ3n) is 5.00.